The largest absolute Gasteiger partial charge is 0.497 e. The number of aromatic amines is 1. The topological polar surface area (TPSA) is 60.6 Å². The van der Waals surface area contributed by atoms with E-state index in [0.29, 0.717) is 25.4 Å². The second-order valence-electron chi connectivity index (χ2n) is 4.41. The molecule has 1 aliphatic rings. The van der Waals surface area contributed by atoms with Crippen LogP contribution in [0.4, 0.5) is 0 Å². The Labute approximate surface area is 110 Å². The summed E-state index contributed by atoms with van der Waals surface area (Å²) in [5.74, 6) is 0.668. The molecule has 100 valence electrons. The van der Waals surface area contributed by atoms with Gasteiger partial charge in [-0.05, 0) is 18.2 Å². The second kappa shape index (κ2) is 5.03. The number of Topliss-reactive ketones (excluding diaryl/α,β-unsaturated/α-hetero) is 1. The highest BCUT2D eigenvalue weighted by molar-refractivity contribution is 6.10. The lowest BCUT2D eigenvalue weighted by atomic mass is 10.0. The SMILES string of the molecule is COc1ccc2[nH]cc(C(=O)C3COCCO3)c2c1. The number of ether oxygens (including phenoxy) is 3. The van der Waals surface area contributed by atoms with Crippen LogP contribution < -0.4 is 4.74 Å². The molecule has 1 N–H and O–H groups in total. The number of hydrogen-bond donors (Lipinski definition) is 1. The monoisotopic (exact) mass is 261 g/mol. The van der Waals surface area contributed by atoms with Gasteiger partial charge in [0.25, 0.3) is 0 Å². The van der Waals surface area contributed by atoms with Gasteiger partial charge in [-0.3, -0.25) is 4.79 Å². The highest BCUT2D eigenvalue weighted by atomic mass is 16.6. The van der Waals surface area contributed by atoms with Crippen molar-refractivity contribution in [3.8, 4) is 5.75 Å². The Balaban J connectivity index is 1.97. The number of hydrogen-bond acceptors (Lipinski definition) is 4. The van der Waals surface area contributed by atoms with Crippen molar-refractivity contribution in [2.75, 3.05) is 26.9 Å². The maximum absolute atomic E-state index is 12.4. The minimum atomic E-state index is -0.515. The number of carbonyl (C=O) groups excluding carboxylic acids is 1. The van der Waals surface area contributed by atoms with Gasteiger partial charge in [-0.2, -0.15) is 0 Å². The van der Waals surface area contributed by atoms with E-state index in [9.17, 15) is 4.79 Å². The lowest BCUT2D eigenvalue weighted by Gasteiger charge is -2.21. The van der Waals surface area contributed by atoms with Crippen LogP contribution in [0, 0.1) is 0 Å². The van der Waals surface area contributed by atoms with Crippen LogP contribution in [0.2, 0.25) is 0 Å². The maximum atomic E-state index is 12.4. The third-order valence-electron chi connectivity index (χ3n) is 3.26. The lowest BCUT2D eigenvalue weighted by molar-refractivity contribution is -0.0718. The summed E-state index contributed by atoms with van der Waals surface area (Å²) in [4.78, 5) is 15.5. The van der Waals surface area contributed by atoms with Gasteiger partial charge in [0.2, 0.25) is 0 Å². The van der Waals surface area contributed by atoms with Crippen molar-refractivity contribution in [3.63, 3.8) is 0 Å². The minimum absolute atomic E-state index is 0.0563. The smallest absolute Gasteiger partial charge is 0.196 e. The van der Waals surface area contributed by atoms with Crippen molar-refractivity contribution in [2.24, 2.45) is 0 Å². The van der Waals surface area contributed by atoms with Gasteiger partial charge in [0.05, 0.1) is 26.9 Å². The Bertz CT molecular complexity index is 599. The van der Waals surface area contributed by atoms with Gasteiger partial charge in [0, 0.05) is 22.7 Å². The van der Waals surface area contributed by atoms with Crippen LogP contribution in [-0.4, -0.2) is 43.8 Å². The molecular weight excluding hydrogens is 246 g/mol. The summed E-state index contributed by atoms with van der Waals surface area (Å²) in [5, 5.41) is 0.846. The molecule has 1 aromatic carbocycles. The number of rotatable bonds is 3. The van der Waals surface area contributed by atoms with Gasteiger partial charge in [-0.15, -0.1) is 0 Å². The van der Waals surface area contributed by atoms with E-state index in [0.717, 1.165) is 16.7 Å². The van der Waals surface area contributed by atoms with Crippen molar-refractivity contribution in [2.45, 2.75) is 6.10 Å². The summed E-state index contributed by atoms with van der Waals surface area (Å²) >= 11 is 0. The molecule has 2 heterocycles. The van der Waals surface area contributed by atoms with E-state index in [1.54, 1.807) is 13.3 Å². The fraction of sp³-hybridized carbons (Fsp3) is 0.357. The van der Waals surface area contributed by atoms with E-state index in [4.69, 9.17) is 14.2 Å². The number of carbonyl (C=O) groups is 1. The Morgan fingerprint density at radius 3 is 3.05 bits per heavy atom. The fourth-order valence-electron chi connectivity index (χ4n) is 2.24. The highest BCUT2D eigenvalue weighted by Crippen LogP contribution is 2.25. The molecule has 2 aromatic rings. The van der Waals surface area contributed by atoms with Gasteiger partial charge < -0.3 is 19.2 Å². The molecular formula is C14H15NO4. The molecule has 1 aromatic heterocycles. The van der Waals surface area contributed by atoms with Gasteiger partial charge in [0.1, 0.15) is 11.9 Å². The number of H-pyrrole nitrogens is 1. The average Bonchev–Trinajstić information content (AvgIpc) is 2.90. The maximum Gasteiger partial charge on any atom is 0.196 e. The number of nitrogens with one attached hydrogen (secondary N) is 1. The fourth-order valence-corrected chi connectivity index (χ4v) is 2.24. The van der Waals surface area contributed by atoms with Crippen molar-refractivity contribution in [3.05, 3.63) is 30.0 Å². The van der Waals surface area contributed by atoms with Gasteiger partial charge >= 0.3 is 0 Å². The minimum Gasteiger partial charge on any atom is -0.497 e. The first-order valence-corrected chi connectivity index (χ1v) is 6.18. The zero-order valence-electron chi connectivity index (χ0n) is 10.6. The molecule has 5 heteroatoms. The van der Waals surface area contributed by atoms with E-state index in [1.165, 1.54) is 0 Å². The van der Waals surface area contributed by atoms with Crippen LogP contribution in [0.25, 0.3) is 10.9 Å². The predicted molar refractivity (Wildman–Crippen MR) is 69.7 cm³/mol. The molecule has 0 spiro atoms. The normalized spacial score (nSPS) is 19.5. The molecule has 0 amide bonds. The molecule has 1 fully saturated rings. The predicted octanol–water partition coefficient (Wildman–Crippen LogP) is 1.77. The summed E-state index contributed by atoms with van der Waals surface area (Å²) in [5.41, 5.74) is 1.52. The number of aromatic nitrogens is 1. The van der Waals surface area contributed by atoms with Gasteiger partial charge in [-0.25, -0.2) is 0 Å². The Morgan fingerprint density at radius 2 is 2.32 bits per heavy atom. The van der Waals surface area contributed by atoms with Crippen LogP contribution in [0.5, 0.6) is 5.75 Å². The van der Waals surface area contributed by atoms with Crippen molar-refractivity contribution < 1.29 is 19.0 Å². The quantitative estimate of drug-likeness (QED) is 0.855. The first-order valence-electron chi connectivity index (χ1n) is 6.18. The van der Waals surface area contributed by atoms with E-state index in [-0.39, 0.29) is 5.78 Å². The molecule has 19 heavy (non-hydrogen) atoms. The van der Waals surface area contributed by atoms with Gasteiger partial charge in [-0.1, -0.05) is 0 Å². The molecule has 3 rings (SSSR count). The average molecular weight is 261 g/mol. The summed E-state index contributed by atoms with van der Waals surface area (Å²) in [6.07, 6.45) is 1.20. The standard InChI is InChI=1S/C14H15NO4/c1-17-9-2-3-12-10(6-9)11(7-15-12)14(16)13-8-18-4-5-19-13/h2-3,6-7,13,15H,4-5,8H2,1H3. The summed E-state index contributed by atoms with van der Waals surface area (Å²) in [6, 6.07) is 5.60. The van der Waals surface area contributed by atoms with Crippen LogP contribution >= 0.6 is 0 Å². The third-order valence-corrected chi connectivity index (χ3v) is 3.26. The lowest BCUT2D eigenvalue weighted by Crippen LogP contribution is -2.35. The van der Waals surface area contributed by atoms with E-state index >= 15 is 0 Å². The molecule has 5 nitrogen and oxygen atoms in total. The molecule has 1 saturated heterocycles. The number of ketones is 1. The highest BCUT2D eigenvalue weighted by Gasteiger charge is 2.26. The van der Waals surface area contributed by atoms with Crippen LogP contribution in [0.3, 0.4) is 0 Å². The molecule has 0 aliphatic carbocycles. The van der Waals surface area contributed by atoms with E-state index < -0.39 is 6.10 Å². The van der Waals surface area contributed by atoms with Crippen LogP contribution in [0.1, 0.15) is 10.4 Å². The second-order valence-corrected chi connectivity index (χ2v) is 4.41. The zero-order chi connectivity index (χ0) is 13.2. The molecule has 1 atom stereocenters. The zero-order valence-corrected chi connectivity index (χ0v) is 10.6. The molecule has 0 bridgehead atoms. The Hall–Kier alpha value is -1.85. The number of benzene rings is 1. The van der Waals surface area contributed by atoms with Gasteiger partial charge in [0.15, 0.2) is 5.78 Å². The van der Waals surface area contributed by atoms with Crippen molar-refractivity contribution in [1.82, 2.24) is 4.98 Å². The Morgan fingerprint density at radius 1 is 1.42 bits per heavy atom. The van der Waals surface area contributed by atoms with Crippen molar-refractivity contribution in [1.29, 1.82) is 0 Å². The first-order chi connectivity index (χ1) is 9.29. The molecule has 1 unspecified atom stereocenters. The van der Waals surface area contributed by atoms with Crippen molar-refractivity contribution >= 4 is 16.7 Å². The molecule has 0 saturated carbocycles. The van der Waals surface area contributed by atoms with E-state index in [1.807, 2.05) is 18.2 Å². The number of methoxy groups -OCH3 is 1. The summed E-state index contributed by atoms with van der Waals surface area (Å²) < 4.78 is 15.9. The first kappa shape index (κ1) is 12.2. The number of fused-ring (bicyclic) bond motifs is 1. The third kappa shape index (κ3) is 2.22. The molecule has 0 radical (unpaired) electrons. The van der Waals surface area contributed by atoms with E-state index in [2.05, 4.69) is 4.98 Å². The summed E-state index contributed by atoms with van der Waals surface area (Å²) in [6.45, 7) is 1.32. The van der Waals surface area contributed by atoms with Crippen LogP contribution in [-0.2, 0) is 9.47 Å². The summed E-state index contributed by atoms with van der Waals surface area (Å²) in [7, 11) is 1.60. The van der Waals surface area contributed by atoms with Crippen LogP contribution in [0.15, 0.2) is 24.4 Å². The Kier molecular flexibility index (Phi) is 3.23. The molecule has 1 aliphatic heterocycles.